The molecule has 3 heteroatoms. The van der Waals surface area contributed by atoms with Gasteiger partial charge in [-0.25, -0.2) is 4.79 Å². The fraction of sp³-hybridized carbons (Fsp3) is 0.824. The standard InChI is InChI=1S/C17H32O3/c1-3-4-5-6-7-8-9-10-11-12-15-20-17(19)14-13-16(2)18/h13-14,16,18H,3-12,15H2,1-2H3. The van der Waals surface area contributed by atoms with Crippen molar-refractivity contribution in [2.24, 2.45) is 0 Å². The number of hydrogen-bond donors (Lipinski definition) is 1. The number of carbonyl (C=O) groups is 1. The van der Waals surface area contributed by atoms with Gasteiger partial charge < -0.3 is 9.84 Å². The maximum atomic E-state index is 11.2. The highest BCUT2D eigenvalue weighted by Crippen LogP contribution is 2.10. The Kier molecular flexibility index (Phi) is 14.0. The van der Waals surface area contributed by atoms with Crippen molar-refractivity contribution in [3.63, 3.8) is 0 Å². The average Bonchev–Trinajstić information content (AvgIpc) is 2.42. The van der Waals surface area contributed by atoms with Crippen LogP contribution >= 0.6 is 0 Å². The largest absolute Gasteiger partial charge is 0.463 e. The van der Waals surface area contributed by atoms with Gasteiger partial charge in [0.2, 0.25) is 0 Å². The molecule has 0 fully saturated rings. The third kappa shape index (κ3) is 15.2. The number of esters is 1. The second-order valence-corrected chi connectivity index (χ2v) is 5.45. The summed E-state index contributed by atoms with van der Waals surface area (Å²) in [6.07, 6.45) is 14.8. The lowest BCUT2D eigenvalue weighted by Gasteiger charge is -2.03. The molecular weight excluding hydrogens is 252 g/mol. The van der Waals surface area contributed by atoms with E-state index in [1.165, 1.54) is 63.5 Å². The normalized spacial score (nSPS) is 12.8. The molecule has 1 unspecified atom stereocenters. The highest BCUT2D eigenvalue weighted by molar-refractivity contribution is 5.81. The number of carbonyl (C=O) groups excluding carboxylic acids is 1. The highest BCUT2D eigenvalue weighted by Gasteiger charge is 1.98. The zero-order valence-corrected chi connectivity index (χ0v) is 13.3. The van der Waals surface area contributed by atoms with Crippen molar-refractivity contribution in [3.8, 4) is 0 Å². The minimum atomic E-state index is -0.597. The number of aliphatic hydroxyl groups is 1. The second kappa shape index (κ2) is 14.6. The first-order valence-electron chi connectivity index (χ1n) is 8.19. The summed E-state index contributed by atoms with van der Waals surface area (Å²) < 4.78 is 5.03. The molecule has 1 N–H and O–H groups in total. The van der Waals surface area contributed by atoms with Gasteiger partial charge in [-0.2, -0.15) is 0 Å². The fourth-order valence-corrected chi connectivity index (χ4v) is 2.03. The topological polar surface area (TPSA) is 46.5 Å². The van der Waals surface area contributed by atoms with Gasteiger partial charge in [-0.3, -0.25) is 0 Å². The molecule has 0 bridgehead atoms. The molecule has 118 valence electrons. The number of aliphatic hydroxyl groups excluding tert-OH is 1. The summed E-state index contributed by atoms with van der Waals surface area (Å²) >= 11 is 0. The Morgan fingerprint density at radius 2 is 1.50 bits per heavy atom. The molecule has 1 atom stereocenters. The van der Waals surface area contributed by atoms with Crippen LogP contribution < -0.4 is 0 Å². The van der Waals surface area contributed by atoms with Crippen LogP contribution in [0.2, 0.25) is 0 Å². The molecule has 0 aliphatic heterocycles. The summed E-state index contributed by atoms with van der Waals surface area (Å²) in [6.45, 7) is 4.33. The molecule has 0 aromatic rings. The fourth-order valence-electron chi connectivity index (χ4n) is 2.03. The van der Waals surface area contributed by atoms with Crippen LogP contribution in [0.15, 0.2) is 12.2 Å². The Bertz CT molecular complexity index is 247. The van der Waals surface area contributed by atoms with E-state index in [-0.39, 0.29) is 5.97 Å². The van der Waals surface area contributed by atoms with Crippen LogP contribution in [0.25, 0.3) is 0 Å². The molecule has 0 rings (SSSR count). The SMILES string of the molecule is CCCCCCCCCCCCOC(=O)C=CC(C)O. The van der Waals surface area contributed by atoms with E-state index in [4.69, 9.17) is 9.84 Å². The van der Waals surface area contributed by atoms with E-state index in [1.54, 1.807) is 6.92 Å². The van der Waals surface area contributed by atoms with Crippen molar-refractivity contribution in [3.05, 3.63) is 12.2 Å². The van der Waals surface area contributed by atoms with Crippen molar-refractivity contribution in [2.75, 3.05) is 6.61 Å². The van der Waals surface area contributed by atoms with Crippen molar-refractivity contribution in [2.45, 2.75) is 84.2 Å². The molecule has 0 aromatic heterocycles. The van der Waals surface area contributed by atoms with E-state index in [2.05, 4.69) is 6.92 Å². The third-order valence-corrected chi connectivity index (χ3v) is 3.25. The molecule has 0 saturated carbocycles. The van der Waals surface area contributed by atoms with Gasteiger partial charge in [0.15, 0.2) is 0 Å². The maximum Gasteiger partial charge on any atom is 0.330 e. The van der Waals surface area contributed by atoms with Crippen molar-refractivity contribution >= 4 is 5.97 Å². The van der Waals surface area contributed by atoms with Crippen LogP contribution in [0.3, 0.4) is 0 Å². The highest BCUT2D eigenvalue weighted by atomic mass is 16.5. The van der Waals surface area contributed by atoms with E-state index < -0.39 is 6.10 Å². The van der Waals surface area contributed by atoms with Gasteiger partial charge in [0.05, 0.1) is 12.7 Å². The van der Waals surface area contributed by atoms with E-state index >= 15 is 0 Å². The van der Waals surface area contributed by atoms with E-state index in [9.17, 15) is 4.79 Å². The number of ether oxygens (including phenoxy) is 1. The van der Waals surface area contributed by atoms with Crippen LogP contribution in [0, 0.1) is 0 Å². The summed E-state index contributed by atoms with van der Waals surface area (Å²) in [5, 5.41) is 8.97. The predicted molar refractivity (Wildman–Crippen MR) is 83.6 cm³/mol. The average molecular weight is 284 g/mol. The zero-order chi connectivity index (χ0) is 15.1. The Morgan fingerprint density at radius 3 is 2.00 bits per heavy atom. The Hall–Kier alpha value is -0.830. The monoisotopic (exact) mass is 284 g/mol. The summed E-state index contributed by atoms with van der Waals surface area (Å²) in [5.74, 6) is -0.359. The minimum Gasteiger partial charge on any atom is -0.463 e. The first-order valence-corrected chi connectivity index (χ1v) is 8.19. The van der Waals surface area contributed by atoms with E-state index in [0.29, 0.717) is 6.61 Å². The van der Waals surface area contributed by atoms with Crippen molar-refractivity contribution < 1.29 is 14.6 Å². The van der Waals surface area contributed by atoms with Crippen molar-refractivity contribution in [1.82, 2.24) is 0 Å². The summed E-state index contributed by atoms with van der Waals surface area (Å²) in [6, 6.07) is 0. The molecule has 0 heterocycles. The lowest BCUT2D eigenvalue weighted by atomic mass is 10.1. The number of rotatable bonds is 13. The maximum absolute atomic E-state index is 11.2. The molecule has 0 amide bonds. The lowest BCUT2D eigenvalue weighted by molar-refractivity contribution is -0.137. The molecule has 0 aliphatic carbocycles. The van der Waals surface area contributed by atoms with Crippen LogP contribution in [-0.4, -0.2) is 23.8 Å². The van der Waals surface area contributed by atoms with Gasteiger partial charge in [0.25, 0.3) is 0 Å². The van der Waals surface area contributed by atoms with Gasteiger partial charge in [-0.1, -0.05) is 64.7 Å². The Balaban J connectivity index is 3.18. The van der Waals surface area contributed by atoms with E-state index in [1.807, 2.05) is 0 Å². The van der Waals surface area contributed by atoms with Gasteiger partial charge >= 0.3 is 5.97 Å². The Morgan fingerprint density at radius 1 is 1.00 bits per heavy atom. The quantitative estimate of drug-likeness (QED) is 0.310. The number of hydrogen-bond acceptors (Lipinski definition) is 3. The first kappa shape index (κ1) is 19.2. The lowest BCUT2D eigenvalue weighted by Crippen LogP contribution is -2.04. The van der Waals surface area contributed by atoms with Gasteiger partial charge in [0.1, 0.15) is 0 Å². The zero-order valence-electron chi connectivity index (χ0n) is 13.3. The number of unbranched alkanes of at least 4 members (excludes halogenated alkanes) is 9. The smallest absolute Gasteiger partial charge is 0.330 e. The van der Waals surface area contributed by atoms with Gasteiger partial charge in [0, 0.05) is 6.08 Å². The molecule has 3 nitrogen and oxygen atoms in total. The summed E-state index contributed by atoms with van der Waals surface area (Å²) in [5.41, 5.74) is 0. The van der Waals surface area contributed by atoms with Crippen LogP contribution in [-0.2, 0) is 9.53 Å². The third-order valence-electron chi connectivity index (χ3n) is 3.25. The Labute approximate surface area is 124 Å². The first-order chi connectivity index (χ1) is 9.66. The molecule has 0 saturated heterocycles. The predicted octanol–water partition coefficient (Wildman–Crippen LogP) is 4.39. The summed E-state index contributed by atoms with van der Waals surface area (Å²) in [4.78, 5) is 11.2. The van der Waals surface area contributed by atoms with Crippen LogP contribution in [0.1, 0.15) is 78.1 Å². The van der Waals surface area contributed by atoms with Crippen LogP contribution in [0.4, 0.5) is 0 Å². The van der Waals surface area contributed by atoms with Gasteiger partial charge in [-0.15, -0.1) is 0 Å². The minimum absolute atomic E-state index is 0.359. The molecule has 0 aromatic carbocycles. The molecule has 0 aliphatic rings. The molecule has 0 radical (unpaired) electrons. The molecular formula is C17H32O3. The van der Waals surface area contributed by atoms with E-state index in [0.717, 1.165) is 12.8 Å². The van der Waals surface area contributed by atoms with Crippen molar-refractivity contribution in [1.29, 1.82) is 0 Å². The second-order valence-electron chi connectivity index (χ2n) is 5.45. The summed E-state index contributed by atoms with van der Waals surface area (Å²) in [7, 11) is 0. The molecule has 20 heavy (non-hydrogen) atoms. The van der Waals surface area contributed by atoms with Gasteiger partial charge in [-0.05, 0) is 19.4 Å². The van der Waals surface area contributed by atoms with Crippen LogP contribution in [0.5, 0.6) is 0 Å². The molecule has 0 spiro atoms.